The van der Waals surface area contributed by atoms with Gasteiger partial charge in [0.1, 0.15) is 17.4 Å². The molecule has 1 aromatic heterocycles. The molecule has 4 aromatic rings. The third kappa shape index (κ3) is 6.35. The van der Waals surface area contributed by atoms with Gasteiger partial charge in [-0.1, -0.05) is 25.1 Å². The maximum Gasteiger partial charge on any atom is 0.318 e. The molecule has 3 amide bonds. The van der Waals surface area contributed by atoms with Gasteiger partial charge in [-0.25, -0.2) is 4.39 Å². The first kappa shape index (κ1) is 28.0. The van der Waals surface area contributed by atoms with Gasteiger partial charge in [-0.05, 0) is 67.9 Å². The first-order valence-corrected chi connectivity index (χ1v) is 12.8. The fraction of sp³-hybridized carbons (Fsp3) is 0.200. The van der Waals surface area contributed by atoms with Crippen LogP contribution in [0.3, 0.4) is 0 Å². The molecule has 0 fully saturated rings. The molecule has 206 valence electrons. The minimum Gasteiger partial charge on any atom is -0.465 e. The number of ether oxygens (including phenoxy) is 1. The lowest BCUT2D eigenvalue weighted by Crippen LogP contribution is -2.30. The predicted molar refractivity (Wildman–Crippen MR) is 151 cm³/mol. The second-order valence-electron chi connectivity index (χ2n) is 8.98. The standard InChI is InChI=1S/C30H29FN4O5/c1-3-24(30(39)40-4-2)28(37)33-21-9-11-22(12-10-21)34-29(38)27-16-20-15-23(32-18-36)13-14-26(20)35(27)17-19-7-5-6-8-25(19)31/h5-16,18,24H,3-4,17H2,1-2H3,(H,32,36)(H,33,37)(H,34,38). The lowest BCUT2D eigenvalue weighted by molar-refractivity contribution is -0.151. The Hall–Kier alpha value is -4.99. The van der Waals surface area contributed by atoms with E-state index >= 15 is 0 Å². The van der Waals surface area contributed by atoms with Crippen LogP contribution in [0.5, 0.6) is 0 Å². The predicted octanol–water partition coefficient (Wildman–Crippen LogP) is 5.18. The summed E-state index contributed by atoms with van der Waals surface area (Å²) >= 11 is 0. The van der Waals surface area contributed by atoms with Crippen LogP contribution in [0.25, 0.3) is 10.9 Å². The van der Waals surface area contributed by atoms with Crippen LogP contribution < -0.4 is 16.0 Å². The summed E-state index contributed by atoms with van der Waals surface area (Å²) in [7, 11) is 0. The van der Waals surface area contributed by atoms with Gasteiger partial charge >= 0.3 is 5.97 Å². The summed E-state index contributed by atoms with van der Waals surface area (Å²) in [6.07, 6.45) is 0.864. The molecule has 0 aliphatic carbocycles. The van der Waals surface area contributed by atoms with Crippen molar-refractivity contribution < 1.29 is 28.3 Å². The Morgan fingerprint density at radius 2 is 1.60 bits per heavy atom. The van der Waals surface area contributed by atoms with Crippen LogP contribution in [0.2, 0.25) is 0 Å². The first-order chi connectivity index (χ1) is 19.3. The van der Waals surface area contributed by atoms with Crippen molar-refractivity contribution in [3.05, 3.63) is 89.9 Å². The van der Waals surface area contributed by atoms with E-state index in [1.54, 1.807) is 85.1 Å². The van der Waals surface area contributed by atoms with Gasteiger partial charge in [0.25, 0.3) is 5.91 Å². The number of nitrogens with one attached hydrogen (secondary N) is 3. The SMILES string of the molecule is CCOC(=O)C(CC)C(=O)Nc1ccc(NC(=O)c2cc3cc(NC=O)ccc3n2Cc2ccccc2F)cc1. The molecule has 0 radical (unpaired) electrons. The minimum atomic E-state index is -0.919. The summed E-state index contributed by atoms with van der Waals surface area (Å²) in [5.74, 6) is -2.79. The fourth-order valence-corrected chi connectivity index (χ4v) is 4.35. The number of hydrogen-bond donors (Lipinski definition) is 3. The quantitative estimate of drug-likeness (QED) is 0.137. The summed E-state index contributed by atoms with van der Waals surface area (Å²) < 4.78 is 21.2. The molecule has 0 spiro atoms. The van der Waals surface area contributed by atoms with Crippen molar-refractivity contribution in [3.63, 3.8) is 0 Å². The van der Waals surface area contributed by atoms with Gasteiger partial charge in [0, 0.05) is 33.5 Å². The van der Waals surface area contributed by atoms with Crippen LogP contribution >= 0.6 is 0 Å². The highest BCUT2D eigenvalue weighted by molar-refractivity contribution is 6.07. The molecule has 1 atom stereocenters. The Morgan fingerprint density at radius 1 is 0.925 bits per heavy atom. The maximum absolute atomic E-state index is 14.5. The van der Waals surface area contributed by atoms with E-state index in [0.29, 0.717) is 52.1 Å². The van der Waals surface area contributed by atoms with E-state index in [4.69, 9.17) is 4.74 Å². The molecule has 3 aromatic carbocycles. The number of fused-ring (bicyclic) bond motifs is 1. The van der Waals surface area contributed by atoms with Crippen LogP contribution in [-0.2, 0) is 25.7 Å². The number of halogens is 1. The van der Waals surface area contributed by atoms with E-state index in [9.17, 15) is 23.6 Å². The Bertz CT molecular complexity index is 1550. The van der Waals surface area contributed by atoms with Crippen molar-refractivity contribution in [2.75, 3.05) is 22.6 Å². The van der Waals surface area contributed by atoms with Crippen molar-refractivity contribution >= 4 is 52.2 Å². The number of amides is 3. The van der Waals surface area contributed by atoms with Crippen LogP contribution in [0.15, 0.2) is 72.8 Å². The molecule has 0 aliphatic rings. The summed E-state index contributed by atoms with van der Waals surface area (Å²) in [6, 6.07) is 19.7. The molecule has 9 nitrogen and oxygen atoms in total. The van der Waals surface area contributed by atoms with E-state index in [0.717, 1.165) is 0 Å². The second-order valence-corrected chi connectivity index (χ2v) is 8.98. The molecule has 3 N–H and O–H groups in total. The van der Waals surface area contributed by atoms with Crippen molar-refractivity contribution in [1.29, 1.82) is 0 Å². The molecule has 0 bridgehead atoms. The number of esters is 1. The van der Waals surface area contributed by atoms with Gasteiger partial charge < -0.3 is 25.3 Å². The van der Waals surface area contributed by atoms with Gasteiger partial charge in [-0.2, -0.15) is 0 Å². The molecule has 10 heteroatoms. The zero-order valence-electron chi connectivity index (χ0n) is 22.1. The number of rotatable bonds is 11. The van der Waals surface area contributed by atoms with E-state index in [1.807, 2.05) is 0 Å². The number of benzene rings is 3. The van der Waals surface area contributed by atoms with Gasteiger partial charge in [-0.3, -0.25) is 19.2 Å². The van der Waals surface area contributed by atoms with Gasteiger partial charge in [0.05, 0.1) is 13.2 Å². The normalized spacial score (nSPS) is 11.5. The van der Waals surface area contributed by atoms with E-state index < -0.39 is 23.7 Å². The molecular formula is C30H29FN4O5. The molecular weight excluding hydrogens is 515 g/mol. The summed E-state index contributed by atoms with van der Waals surface area (Å²) in [5, 5.41) is 8.82. The van der Waals surface area contributed by atoms with Gasteiger partial charge in [-0.15, -0.1) is 0 Å². The average molecular weight is 545 g/mol. The molecule has 1 unspecified atom stereocenters. The molecule has 4 rings (SSSR count). The summed E-state index contributed by atoms with van der Waals surface area (Å²) in [5.41, 5.74) is 2.87. The van der Waals surface area contributed by atoms with Crippen LogP contribution in [0, 0.1) is 11.7 Å². The lowest BCUT2D eigenvalue weighted by atomic mass is 10.1. The minimum absolute atomic E-state index is 0.114. The topological polar surface area (TPSA) is 119 Å². The number of aromatic nitrogens is 1. The van der Waals surface area contributed by atoms with Gasteiger partial charge in [0.15, 0.2) is 0 Å². The Labute approximate surface area is 230 Å². The molecule has 0 aliphatic heterocycles. The Balaban J connectivity index is 1.56. The summed E-state index contributed by atoms with van der Waals surface area (Å²) in [6.45, 7) is 3.71. The highest BCUT2D eigenvalue weighted by atomic mass is 19.1. The van der Waals surface area contributed by atoms with Crippen LogP contribution in [0.1, 0.15) is 36.3 Å². The zero-order chi connectivity index (χ0) is 28.6. The third-order valence-electron chi connectivity index (χ3n) is 6.35. The molecule has 0 saturated heterocycles. The second kappa shape index (κ2) is 12.7. The largest absolute Gasteiger partial charge is 0.465 e. The van der Waals surface area contributed by atoms with Crippen molar-refractivity contribution in [2.24, 2.45) is 5.92 Å². The monoisotopic (exact) mass is 544 g/mol. The lowest BCUT2D eigenvalue weighted by Gasteiger charge is -2.14. The Kier molecular flexibility index (Phi) is 8.90. The summed E-state index contributed by atoms with van der Waals surface area (Å²) in [4.78, 5) is 48.8. The average Bonchev–Trinajstić information content (AvgIpc) is 3.29. The smallest absolute Gasteiger partial charge is 0.318 e. The van der Waals surface area contributed by atoms with Crippen LogP contribution in [0.4, 0.5) is 21.5 Å². The zero-order valence-corrected chi connectivity index (χ0v) is 22.1. The maximum atomic E-state index is 14.5. The molecule has 1 heterocycles. The first-order valence-electron chi connectivity index (χ1n) is 12.8. The number of nitrogens with zero attached hydrogens (tertiary/aromatic N) is 1. The van der Waals surface area contributed by atoms with Crippen molar-refractivity contribution in [3.8, 4) is 0 Å². The highest BCUT2D eigenvalue weighted by Gasteiger charge is 2.26. The van der Waals surface area contributed by atoms with E-state index in [2.05, 4.69) is 16.0 Å². The number of hydrogen-bond acceptors (Lipinski definition) is 5. The number of carbonyl (C=O) groups is 4. The van der Waals surface area contributed by atoms with Crippen LogP contribution in [-0.4, -0.2) is 35.4 Å². The van der Waals surface area contributed by atoms with Gasteiger partial charge in [0.2, 0.25) is 12.3 Å². The van der Waals surface area contributed by atoms with Crippen molar-refractivity contribution in [1.82, 2.24) is 4.57 Å². The highest BCUT2D eigenvalue weighted by Crippen LogP contribution is 2.26. The van der Waals surface area contributed by atoms with E-state index in [-0.39, 0.29) is 19.0 Å². The van der Waals surface area contributed by atoms with E-state index in [1.165, 1.54) is 6.07 Å². The molecule has 40 heavy (non-hydrogen) atoms. The fourth-order valence-electron chi connectivity index (χ4n) is 4.35. The Morgan fingerprint density at radius 3 is 2.25 bits per heavy atom. The third-order valence-corrected chi connectivity index (χ3v) is 6.35. The number of anilines is 3. The van der Waals surface area contributed by atoms with Crippen molar-refractivity contribution in [2.45, 2.75) is 26.8 Å². The number of carbonyl (C=O) groups excluding carboxylic acids is 4. The molecule has 0 saturated carbocycles.